The number of allylic oxidation sites excluding steroid dienone is 4. The van der Waals surface area contributed by atoms with Crippen molar-refractivity contribution in [2.45, 2.75) is 221 Å². The molecule has 4 rings (SSSR count). The van der Waals surface area contributed by atoms with E-state index in [9.17, 15) is 10.2 Å². The summed E-state index contributed by atoms with van der Waals surface area (Å²) in [5.74, 6) is 3.16. The predicted molar refractivity (Wildman–Crippen MR) is 211 cm³/mol. The largest absolute Gasteiger partial charge is 0.393 e. The molecule has 282 valence electrons. The minimum absolute atomic E-state index is 0.0359. The van der Waals surface area contributed by atoms with Crippen molar-refractivity contribution in [3.8, 4) is 0 Å². The Hall–Kier alpha value is -0.900. The van der Waals surface area contributed by atoms with Crippen LogP contribution in [0, 0.1) is 29.1 Å². The fourth-order valence-electron chi connectivity index (χ4n) is 8.90. The molecule has 0 spiro atoms. The van der Waals surface area contributed by atoms with Crippen molar-refractivity contribution >= 4 is 0 Å². The number of aliphatic hydroxyl groups excluding tert-OH is 2. The number of rotatable bonds is 12. The second kappa shape index (κ2) is 24.3. The van der Waals surface area contributed by atoms with Crippen LogP contribution in [0.3, 0.4) is 0 Å². The highest BCUT2D eigenvalue weighted by molar-refractivity contribution is 5.36. The van der Waals surface area contributed by atoms with Gasteiger partial charge in [0, 0.05) is 0 Å². The molecule has 3 heteroatoms. The zero-order valence-corrected chi connectivity index (χ0v) is 33.7. The molecule has 3 N–H and O–H groups in total. The smallest absolute Gasteiger partial charge is 0.0591 e. The van der Waals surface area contributed by atoms with Gasteiger partial charge in [0.15, 0.2) is 0 Å². The highest BCUT2D eigenvalue weighted by atomic mass is 16.3. The Morgan fingerprint density at radius 1 is 0.812 bits per heavy atom. The van der Waals surface area contributed by atoms with E-state index in [2.05, 4.69) is 53.3 Å². The SMILES string of the molecule is C=C1CCC(O)C/C1=C/C=C1\CCCC2(C)C1CCC2C(C)CCCC(C)(C)O.CC.CCCCCCCC(C)C.OC1CCCCC1. The summed E-state index contributed by atoms with van der Waals surface area (Å²) >= 11 is 0. The summed E-state index contributed by atoms with van der Waals surface area (Å²) in [4.78, 5) is 0. The molecule has 0 heterocycles. The molecular weight excluding hydrogens is 588 g/mol. The van der Waals surface area contributed by atoms with E-state index in [4.69, 9.17) is 5.11 Å². The quantitative estimate of drug-likeness (QED) is 0.181. The van der Waals surface area contributed by atoms with Gasteiger partial charge in [-0.15, -0.1) is 0 Å². The van der Waals surface area contributed by atoms with E-state index < -0.39 is 5.60 Å². The van der Waals surface area contributed by atoms with Crippen LogP contribution in [0.2, 0.25) is 0 Å². The average molecular weight is 673 g/mol. The third-order valence-electron chi connectivity index (χ3n) is 11.8. The Kier molecular flexibility index (Phi) is 22.9. The Morgan fingerprint density at radius 2 is 1.48 bits per heavy atom. The summed E-state index contributed by atoms with van der Waals surface area (Å²) in [6.07, 6.45) is 31.4. The summed E-state index contributed by atoms with van der Waals surface area (Å²) in [6, 6.07) is 0. The average Bonchev–Trinajstić information content (AvgIpc) is 3.40. The van der Waals surface area contributed by atoms with E-state index in [1.807, 2.05) is 27.7 Å². The number of fused-ring (bicyclic) bond motifs is 1. The minimum atomic E-state index is -0.535. The second-order valence-electron chi connectivity index (χ2n) is 17.1. The van der Waals surface area contributed by atoms with E-state index in [0.29, 0.717) is 5.41 Å². The first-order valence-electron chi connectivity index (χ1n) is 20.9. The number of aliphatic hydroxyl groups is 3. The van der Waals surface area contributed by atoms with E-state index >= 15 is 0 Å². The summed E-state index contributed by atoms with van der Waals surface area (Å²) in [5.41, 5.74) is 4.02. The van der Waals surface area contributed by atoms with Gasteiger partial charge in [-0.3, -0.25) is 0 Å². The number of hydrogen-bond acceptors (Lipinski definition) is 3. The van der Waals surface area contributed by atoms with E-state index in [1.165, 1.54) is 107 Å². The Morgan fingerprint density at radius 3 is 2.06 bits per heavy atom. The molecule has 4 aliphatic carbocycles. The molecule has 3 nitrogen and oxygen atoms in total. The molecule has 0 amide bonds. The zero-order valence-electron chi connectivity index (χ0n) is 33.7. The van der Waals surface area contributed by atoms with Gasteiger partial charge in [0.2, 0.25) is 0 Å². The van der Waals surface area contributed by atoms with Crippen LogP contribution in [0.1, 0.15) is 204 Å². The van der Waals surface area contributed by atoms with E-state index in [0.717, 1.165) is 68.6 Å². The fraction of sp³-hybridized carbons (Fsp3) is 0.867. The molecule has 0 saturated heterocycles. The van der Waals surface area contributed by atoms with Crippen LogP contribution in [0.5, 0.6) is 0 Å². The molecule has 0 aromatic rings. The molecule has 0 aliphatic heterocycles. The van der Waals surface area contributed by atoms with Gasteiger partial charge in [0.05, 0.1) is 17.8 Å². The van der Waals surface area contributed by atoms with E-state index in [1.54, 1.807) is 5.57 Å². The first-order chi connectivity index (χ1) is 22.8. The molecule has 0 bridgehead atoms. The van der Waals surface area contributed by atoms with Gasteiger partial charge in [-0.1, -0.05) is 149 Å². The normalized spacial score (nSPS) is 28.5. The van der Waals surface area contributed by atoms with Gasteiger partial charge >= 0.3 is 0 Å². The molecular formula is C45H84O3. The minimum Gasteiger partial charge on any atom is -0.393 e. The monoisotopic (exact) mass is 673 g/mol. The molecule has 4 fully saturated rings. The Labute approximate surface area is 300 Å². The number of unbranched alkanes of at least 4 members (excludes halogenated alkanes) is 4. The maximum Gasteiger partial charge on any atom is 0.0591 e. The van der Waals surface area contributed by atoms with Gasteiger partial charge in [0.25, 0.3) is 0 Å². The molecule has 0 radical (unpaired) electrons. The molecule has 4 saturated carbocycles. The predicted octanol–water partition coefficient (Wildman–Crippen LogP) is 13.1. The van der Waals surface area contributed by atoms with Crippen molar-refractivity contribution in [2.75, 3.05) is 0 Å². The first-order valence-corrected chi connectivity index (χ1v) is 20.9. The van der Waals surface area contributed by atoms with Crippen LogP contribution in [-0.4, -0.2) is 33.1 Å². The van der Waals surface area contributed by atoms with Crippen LogP contribution in [0.4, 0.5) is 0 Å². The van der Waals surface area contributed by atoms with Gasteiger partial charge < -0.3 is 15.3 Å². The summed E-state index contributed by atoms with van der Waals surface area (Å²) in [5, 5.41) is 29.0. The van der Waals surface area contributed by atoms with Crippen LogP contribution in [-0.2, 0) is 0 Å². The van der Waals surface area contributed by atoms with Gasteiger partial charge in [-0.05, 0) is 119 Å². The molecule has 48 heavy (non-hydrogen) atoms. The lowest BCUT2D eigenvalue weighted by atomic mass is 9.60. The van der Waals surface area contributed by atoms with Crippen LogP contribution in [0.25, 0.3) is 0 Å². The molecule has 5 atom stereocenters. The maximum absolute atomic E-state index is 10.0. The Balaban J connectivity index is 0.000000495. The van der Waals surface area contributed by atoms with Crippen molar-refractivity contribution < 1.29 is 15.3 Å². The highest BCUT2D eigenvalue weighted by Crippen LogP contribution is 2.60. The van der Waals surface area contributed by atoms with Crippen LogP contribution in [0.15, 0.2) is 35.5 Å². The Bertz CT molecular complexity index is 902. The van der Waals surface area contributed by atoms with Crippen LogP contribution >= 0.6 is 0 Å². The molecule has 0 aromatic carbocycles. The second-order valence-corrected chi connectivity index (χ2v) is 17.1. The van der Waals surface area contributed by atoms with Crippen molar-refractivity contribution in [1.82, 2.24) is 0 Å². The van der Waals surface area contributed by atoms with Crippen molar-refractivity contribution in [3.63, 3.8) is 0 Å². The lowest BCUT2D eigenvalue weighted by Crippen LogP contribution is -2.36. The van der Waals surface area contributed by atoms with E-state index in [-0.39, 0.29) is 12.2 Å². The lowest BCUT2D eigenvalue weighted by molar-refractivity contribution is 0.0596. The summed E-state index contributed by atoms with van der Waals surface area (Å²) < 4.78 is 0. The standard InChI is InChI=1S/C27H44O2.C10H22.C6H12O.C2H6/c1-19-10-13-23(28)18-22(19)12-11-21-9-7-17-27(5)24(14-15-25(21)27)20(2)8-6-16-26(3,4)29;1-4-5-6-7-8-9-10(2)3;7-6-4-2-1-3-5-6;1-2/h11-12,20,23-25,28-29H,1,6-10,13-18H2,2-5H3;10H,4-9H2,1-3H3;6-7H,1-5H2;1-2H3/b21-11+,22-12-;;;. The fourth-order valence-corrected chi connectivity index (χ4v) is 8.90. The van der Waals surface area contributed by atoms with Gasteiger partial charge in [0.1, 0.15) is 0 Å². The van der Waals surface area contributed by atoms with Crippen molar-refractivity contribution in [2.24, 2.45) is 29.1 Å². The zero-order chi connectivity index (χ0) is 36.2. The summed E-state index contributed by atoms with van der Waals surface area (Å²) in [6.45, 7) is 24.0. The van der Waals surface area contributed by atoms with Crippen LogP contribution < -0.4 is 0 Å². The summed E-state index contributed by atoms with van der Waals surface area (Å²) in [7, 11) is 0. The lowest BCUT2D eigenvalue weighted by Gasteiger charge is -2.44. The highest BCUT2D eigenvalue weighted by Gasteiger charge is 2.50. The van der Waals surface area contributed by atoms with Crippen molar-refractivity contribution in [1.29, 1.82) is 0 Å². The van der Waals surface area contributed by atoms with Crippen molar-refractivity contribution in [3.05, 3.63) is 35.5 Å². The third-order valence-corrected chi connectivity index (χ3v) is 11.8. The van der Waals surface area contributed by atoms with Gasteiger partial charge in [-0.25, -0.2) is 0 Å². The third kappa shape index (κ3) is 17.4. The topological polar surface area (TPSA) is 60.7 Å². The number of hydrogen-bond donors (Lipinski definition) is 3. The first kappa shape index (κ1) is 45.1. The molecule has 5 unspecified atom stereocenters. The molecule has 0 aromatic heterocycles. The molecule has 4 aliphatic rings. The maximum atomic E-state index is 10.0. The van der Waals surface area contributed by atoms with Gasteiger partial charge in [-0.2, -0.15) is 0 Å².